The Morgan fingerprint density at radius 2 is 1.86 bits per heavy atom. The van der Waals surface area contributed by atoms with Gasteiger partial charge in [0, 0.05) is 53.4 Å². The van der Waals surface area contributed by atoms with Crippen molar-refractivity contribution in [2.75, 3.05) is 47.1 Å². The van der Waals surface area contributed by atoms with E-state index in [4.69, 9.17) is 14.2 Å². The van der Waals surface area contributed by atoms with Crippen molar-refractivity contribution in [2.45, 2.75) is 18.4 Å². The van der Waals surface area contributed by atoms with Crippen LogP contribution in [0.3, 0.4) is 0 Å². The molecule has 0 amide bonds. The Morgan fingerprint density at radius 3 is 2.29 bits per heavy atom. The van der Waals surface area contributed by atoms with Gasteiger partial charge in [0.1, 0.15) is 0 Å². The zero-order valence-electron chi connectivity index (χ0n) is 9.17. The van der Waals surface area contributed by atoms with E-state index in [2.05, 4.69) is 5.32 Å². The lowest BCUT2D eigenvalue weighted by Crippen LogP contribution is -2.51. The van der Waals surface area contributed by atoms with Crippen LogP contribution in [0.4, 0.5) is 0 Å². The van der Waals surface area contributed by atoms with Crippen LogP contribution < -0.4 is 5.32 Å². The van der Waals surface area contributed by atoms with Crippen LogP contribution in [-0.4, -0.2) is 52.7 Å². The maximum Gasteiger partial charge on any atom is 0.0850 e. The number of hydrogen-bond acceptors (Lipinski definition) is 4. The van der Waals surface area contributed by atoms with E-state index in [0.717, 1.165) is 45.8 Å². The number of hydrogen-bond donors (Lipinski definition) is 1. The van der Waals surface area contributed by atoms with E-state index < -0.39 is 0 Å². The van der Waals surface area contributed by atoms with Gasteiger partial charge in [0.15, 0.2) is 0 Å². The summed E-state index contributed by atoms with van der Waals surface area (Å²) < 4.78 is 16.0. The van der Waals surface area contributed by atoms with Gasteiger partial charge in [0.2, 0.25) is 0 Å². The van der Waals surface area contributed by atoms with Gasteiger partial charge in [-0.3, -0.25) is 0 Å². The van der Waals surface area contributed by atoms with E-state index in [0.29, 0.717) is 0 Å². The van der Waals surface area contributed by atoms with Gasteiger partial charge >= 0.3 is 0 Å². The van der Waals surface area contributed by atoms with Crippen LogP contribution in [0.1, 0.15) is 12.8 Å². The number of nitrogens with one attached hydrogen (secondary N) is 1. The molecule has 1 saturated heterocycles. The van der Waals surface area contributed by atoms with E-state index in [1.807, 2.05) is 0 Å². The van der Waals surface area contributed by atoms with Crippen molar-refractivity contribution in [2.24, 2.45) is 0 Å². The summed E-state index contributed by atoms with van der Waals surface area (Å²) in [4.78, 5) is 0. The van der Waals surface area contributed by atoms with Gasteiger partial charge in [-0.25, -0.2) is 0 Å². The van der Waals surface area contributed by atoms with Crippen LogP contribution >= 0.6 is 0 Å². The highest BCUT2D eigenvalue weighted by Gasteiger charge is 2.32. The van der Waals surface area contributed by atoms with Crippen molar-refractivity contribution < 1.29 is 14.2 Å². The minimum atomic E-state index is -0.0791. The molecule has 4 heteroatoms. The lowest BCUT2D eigenvalue weighted by Gasteiger charge is -2.37. The molecule has 0 aliphatic carbocycles. The molecule has 0 atom stereocenters. The van der Waals surface area contributed by atoms with Crippen LogP contribution in [0.15, 0.2) is 0 Å². The van der Waals surface area contributed by atoms with E-state index in [-0.39, 0.29) is 5.60 Å². The molecule has 0 spiro atoms. The summed E-state index contributed by atoms with van der Waals surface area (Å²) >= 11 is 0. The molecule has 0 radical (unpaired) electrons. The molecule has 1 heterocycles. The van der Waals surface area contributed by atoms with Crippen molar-refractivity contribution in [1.82, 2.24) is 5.32 Å². The van der Waals surface area contributed by atoms with Crippen LogP contribution in [-0.2, 0) is 14.2 Å². The largest absolute Gasteiger partial charge is 0.385 e. The Kier molecular flexibility index (Phi) is 5.40. The highest BCUT2D eigenvalue weighted by atomic mass is 16.5. The molecule has 0 unspecified atom stereocenters. The Balaban J connectivity index is 2.39. The fraction of sp³-hybridized carbons (Fsp3) is 1.00. The van der Waals surface area contributed by atoms with E-state index in [1.54, 1.807) is 14.2 Å². The average Bonchev–Trinajstić information content (AvgIpc) is 2.25. The Hall–Kier alpha value is -0.160. The molecule has 0 saturated carbocycles. The molecule has 0 bridgehead atoms. The minimum absolute atomic E-state index is 0.0791. The molecular formula is C10H21NO3. The number of rotatable bonds is 6. The summed E-state index contributed by atoms with van der Waals surface area (Å²) in [6, 6.07) is 0. The molecule has 0 aromatic heterocycles. The first-order valence-electron chi connectivity index (χ1n) is 5.15. The monoisotopic (exact) mass is 203 g/mol. The lowest BCUT2D eigenvalue weighted by atomic mass is 9.94. The molecule has 4 nitrogen and oxygen atoms in total. The zero-order chi connectivity index (χ0) is 10.3. The molecule has 1 rings (SSSR count). The second kappa shape index (κ2) is 6.35. The van der Waals surface area contributed by atoms with Crippen molar-refractivity contribution in [3.8, 4) is 0 Å². The molecule has 1 aliphatic rings. The number of morpholine rings is 1. The first kappa shape index (κ1) is 11.9. The molecule has 0 aromatic carbocycles. The van der Waals surface area contributed by atoms with Crippen molar-refractivity contribution in [1.29, 1.82) is 0 Å². The van der Waals surface area contributed by atoms with Gasteiger partial charge in [0.25, 0.3) is 0 Å². The van der Waals surface area contributed by atoms with Gasteiger partial charge in [0.05, 0.1) is 12.2 Å². The van der Waals surface area contributed by atoms with Crippen molar-refractivity contribution in [3.63, 3.8) is 0 Å². The SMILES string of the molecule is COCCC1(CCOC)CNCCO1. The van der Waals surface area contributed by atoms with Crippen LogP contribution in [0.25, 0.3) is 0 Å². The molecule has 1 aliphatic heterocycles. The van der Waals surface area contributed by atoms with Gasteiger partial charge in [-0.05, 0) is 0 Å². The Labute approximate surface area is 85.9 Å². The quantitative estimate of drug-likeness (QED) is 0.679. The van der Waals surface area contributed by atoms with Gasteiger partial charge < -0.3 is 19.5 Å². The van der Waals surface area contributed by atoms with Crippen LogP contribution in [0.5, 0.6) is 0 Å². The third kappa shape index (κ3) is 3.53. The predicted octanol–water partition coefficient (Wildman–Crippen LogP) is 0.418. The summed E-state index contributed by atoms with van der Waals surface area (Å²) in [7, 11) is 3.44. The third-order valence-corrected chi connectivity index (χ3v) is 2.66. The Morgan fingerprint density at radius 1 is 1.21 bits per heavy atom. The molecule has 14 heavy (non-hydrogen) atoms. The highest BCUT2D eigenvalue weighted by Crippen LogP contribution is 2.22. The molecular weight excluding hydrogens is 182 g/mol. The summed E-state index contributed by atoms with van der Waals surface area (Å²) in [6.45, 7) is 4.12. The third-order valence-electron chi connectivity index (χ3n) is 2.66. The lowest BCUT2D eigenvalue weighted by molar-refractivity contribution is -0.0944. The van der Waals surface area contributed by atoms with Gasteiger partial charge in [-0.1, -0.05) is 0 Å². The normalized spacial score (nSPS) is 21.0. The highest BCUT2D eigenvalue weighted by molar-refractivity contribution is 4.86. The second-order valence-corrected chi connectivity index (χ2v) is 3.69. The standard InChI is InChI=1S/C10H21NO3/c1-12-6-3-10(4-7-13-2)9-11-5-8-14-10/h11H,3-9H2,1-2H3. The second-order valence-electron chi connectivity index (χ2n) is 3.69. The van der Waals surface area contributed by atoms with Crippen molar-refractivity contribution >= 4 is 0 Å². The fourth-order valence-electron chi connectivity index (χ4n) is 1.73. The first-order valence-corrected chi connectivity index (χ1v) is 5.15. The van der Waals surface area contributed by atoms with E-state index in [9.17, 15) is 0 Å². The topological polar surface area (TPSA) is 39.7 Å². The molecule has 0 aromatic rings. The molecule has 84 valence electrons. The van der Waals surface area contributed by atoms with Crippen LogP contribution in [0, 0.1) is 0 Å². The van der Waals surface area contributed by atoms with E-state index in [1.165, 1.54) is 0 Å². The minimum Gasteiger partial charge on any atom is -0.385 e. The number of methoxy groups -OCH3 is 2. The Bertz CT molecular complexity index is 136. The average molecular weight is 203 g/mol. The van der Waals surface area contributed by atoms with Crippen LogP contribution in [0.2, 0.25) is 0 Å². The summed E-state index contributed by atoms with van der Waals surface area (Å²) in [5.74, 6) is 0. The maximum absolute atomic E-state index is 5.85. The zero-order valence-corrected chi connectivity index (χ0v) is 9.17. The maximum atomic E-state index is 5.85. The number of ether oxygens (including phenoxy) is 3. The summed E-state index contributed by atoms with van der Waals surface area (Å²) in [6.07, 6.45) is 1.86. The predicted molar refractivity (Wildman–Crippen MR) is 54.5 cm³/mol. The molecule has 1 N–H and O–H groups in total. The van der Waals surface area contributed by atoms with E-state index >= 15 is 0 Å². The fourth-order valence-corrected chi connectivity index (χ4v) is 1.73. The smallest absolute Gasteiger partial charge is 0.0850 e. The summed E-state index contributed by atoms with van der Waals surface area (Å²) in [5, 5.41) is 3.36. The van der Waals surface area contributed by atoms with Crippen molar-refractivity contribution in [3.05, 3.63) is 0 Å². The van der Waals surface area contributed by atoms with Gasteiger partial charge in [-0.15, -0.1) is 0 Å². The molecule has 1 fully saturated rings. The van der Waals surface area contributed by atoms with Gasteiger partial charge in [-0.2, -0.15) is 0 Å². The summed E-state index contributed by atoms with van der Waals surface area (Å²) in [5.41, 5.74) is -0.0791. The first-order chi connectivity index (χ1) is 6.83.